The molecule has 1 aliphatic carbocycles. The number of hydrogen-bond acceptors (Lipinski definition) is 6. The first kappa shape index (κ1) is 22.6. The van der Waals surface area contributed by atoms with Crippen molar-refractivity contribution in [1.29, 1.82) is 0 Å². The first-order valence-electron chi connectivity index (χ1n) is 11.4. The van der Waals surface area contributed by atoms with E-state index in [0.29, 0.717) is 29.2 Å². The number of nitrogens with zero attached hydrogens (tertiary/aromatic N) is 5. The van der Waals surface area contributed by atoms with Gasteiger partial charge < -0.3 is 11.1 Å². The van der Waals surface area contributed by atoms with Gasteiger partial charge in [0.05, 0.1) is 5.56 Å². The SMILES string of the molecule is Nc1ncc(-c2ccc(NC(=O)CC3CCCC3)cc2)cc1-c1nnnn1-c1cccc(F)c1F. The van der Waals surface area contributed by atoms with E-state index in [1.54, 1.807) is 12.3 Å². The summed E-state index contributed by atoms with van der Waals surface area (Å²) >= 11 is 0. The molecule has 0 bridgehead atoms. The lowest BCUT2D eigenvalue weighted by Gasteiger charge is -2.11. The van der Waals surface area contributed by atoms with Crippen LogP contribution in [-0.2, 0) is 4.79 Å². The van der Waals surface area contributed by atoms with Crippen molar-refractivity contribution in [3.8, 4) is 28.2 Å². The Balaban J connectivity index is 1.39. The average Bonchev–Trinajstić information content (AvgIpc) is 3.54. The summed E-state index contributed by atoms with van der Waals surface area (Å²) in [4.78, 5) is 16.6. The molecule has 0 unspecified atom stereocenters. The van der Waals surface area contributed by atoms with Gasteiger partial charge in [-0.3, -0.25) is 4.79 Å². The van der Waals surface area contributed by atoms with Crippen LogP contribution >= 0.6 is 0 Å². The second-order valence-electron chi connectivity index (χ2n) is 8.62. The zero-order valence-electron chi connectivity index (χ0n) is 18.8. The van der Waals surface area contributed by atoms with E-state index in [0.717, 1.165) is 29.2 Å². The van der Waals surface area contributed by atoms with E-state index < -0.39 is 11.6 Å². The summed E-state index contributed by atoms with van der Waals surface area (Å²) in [6.07, 6.45) is 6.79. The van der Waals surface area contributed by atoms with Gasteiger partial charge >= 0.3 is 0 Å². The van der Waals surface area contributed by atoms with Crippen molar-refractivity contribution in [3.05, 3.63) is 66.4 Å². The third-order valence-electron chi connectivity index (χ3n) is 6.24. The number of nitrogens with one attached hydrogen (secondary N) is 1. The highest BCUT2D eigenvalue weighted by atomic mass is 19.2. The maximum absolute atomic E-state index is 14.4. The zero-order valence-corrected chi connectivity index (χ0v) is 18.8. The van der Waals surface area contributed by atoms with Crippen LogP contribution in [0, 0.1) is 17.6 Å². The smallest absolute Gasteiger partial charge is 0.224 e. The van der Waals surface area contributed by atoms with Gasteiger partial charge in [-0.25, -0.2) is 13.8 Å². The fourth-order valence-corrected chi connectivity index (χ4v) is 4.42. The molecule has 10 heteroatoms. The van der Waals surface area contributed by atoms with Crippen molar-refractivity contribution in [3.63, 3.8) is 0 Å². The monoisotopic (exact) mass is 475 g/mol. The molecular weight excluding hydrogens is 452 g/mol. The van der Waals surface area contributed by atoms with E-state index >= 15 is 0 Å². The Kier molecular flexibility index (Phi) is 6.17. The van der Waals surface area contributed by atoms with Gasteiger partial charge in [-0.05, 0) is 65.1 Å². The van der Waals surface area contributed by atoms with E-state index in [2.05, 4.69) is 25.8 Å². The van der Waals surface area contributed by atoms with Gasteiger partial charge in [-0.1, -0.05) is 31.0 Å². The molecule has 1 saturated carbocycles. The molecule has 1 fully saturated rings. The van der Waals surface area contributed by atoms with Crippen LogP contribution in [0.25, 0.3) is 28.2 Å². The average molecular weight is 476 g/mol. The summed E-state index contributed by atoms with van der Waals surface area (Å²) in [6, 6.07) is 12.8. The number of anilines is 2. The summed E-state index contributed by atoms with van der Waals surface area (Å²) in [6.45, 7) is 0. The molecule has 0 radical (unpaired) electrons. The number of nitrogen functional groups attached to an aromatic ring is 1. The Morgan fingerprint density at radius 2 is 1.86 bits per heavy atom. The Hall–Kier alpha value is -4.21. The standard InChI is InChI=1S/C25H23F2N7O/c26-20-6-3-7-21(23(20)27)34-25(31-32-33-34)19-13-17(14-29-24(19)28)16-8-10-18(11-9-16)30-22(35)12-15-4-1-2-5-15/h3,6-11,13-15H,1-2,4-5,12H2,(H2,28,29)(H,30,35). The quantitative estimate of drug-likeness (QED) is 0.416. The molecule has 2 heterocycles. The Morgan fingerprint density at radius 1 is 1.09 bits per heavy atom. The van der Waals surface area contributed by atoms with Gasteiger partial charge in [0.2, 0.25) is 5.91 Å². The number of benzene rings is 2. The maximum Gasteiger partial charge on any atom is 0.224 e. The van der Waals surface area contributed by atoms with Gasteiger partial charge in [0.1, 0.15) is 11.5 Å². The fraction of sp³-hybridized carbons (Fsp3) is 0.240. The second-order valence-corrected chi connectivity index (χ2v) is 8.62. The number of nitrogens with two attached hydrogens (primary N) is 1. The van der Waals surface area contributed by atoms with Crippen LogP contribution in [0.5, 0.6) is 0 Å². The molecule has 2 aromatic carbocycles. The number of pyridine rings is 1. The molecule has 0 atom stereocenters. The van der Waals surface area contributed by atoms with Crippen LogP contribution in [0.2, 0.25) is 0 Å². The highest BCUT2D eigenvalue weighted by Crippen LogP contribution is 2.31. The molecule has 1 amide bonds. The Morgan fingerprint density at radius 3 is 2.63 bits per heavy atom. The number of aromatic nitrogens is 5. The topological polar surface area (TPSA) is 112 Å². The third kappa shape index (κ3) is 4.72. The van der Waals surface area contributed by atoms with Gasteiger partial charge in [-0.2, -0.15) is 4.68 Å². The molecule has 0 aliphatic heterocycles. The molecule has 2 aromatic heterocycles. The minimum atomic E-state index is -1.07. The number of hydrogen-bond donors (Lipinski definition) is 2. The fourth-order valence-electron chi connectivity index (χ4n) is 4.42. The lowest BCUT2D eigenvalue weighted by atomic mass is 10.0. The molecule has 0 saturated heterocycles. The summed E-state index contributed by atoms with van der Waals surface area (Å²) in [5.74, 6) is -1.33. The molecule has 178 valence electrons. The van der Waals surface area contributed by atoms with Crippen LogP contribution in [-0.4, -0.2) is 31.1 Å². The van der Waals surface area contributed by atoms with E-state index in [9.17, 15) is 13.6 Å². The first-order valence-corrected chi connectivity index (χ1v) is 11.4. The Bertz CT molecular complexity index is 1360. The predicted molar refractivity (Wildman–Crippen MR) is 127 cm³/mol. The van der Waals surface area contributed by atoms with Crippen molar-refractivity contribution in [1.82, 2.24) is 25.2 Å². The lowest BCUT2D eigenvalue weighted by molar-refractivity contribution is -0.117. The molecule has 5 rings (SSSR count). The first-order chi connectivity index (χ1) is 17.0. The molecule has 1 aliphatic rings. The maximum atomic E-state index is 14.4. The number of carbonyl (C=O) groups excluding carboxylic acids is 1. The zero-order chi connectivity index (χ0) is 24.4. The van der Waals surface area contributed by atoms with Crippen molar-refractivity contribution in [2.45, 2.75) is 32.1 Å². The van der Waals surface area contributed by atoms with Crippen LogP contribution in [0.3, 0.4) is 0 Å². The van der Waals surface area contributed by atoms with Crippen molar-refractivity contribution >= 4 is 17.4 Å². The summed E-state index contributed by atoms with van der Waals surface area (Å²) in [5.41, 5.74) is 8.56. The van der Waals surface area contributed by atoms with Crippen LogP contribution < -0.4 is 11.1 Å². The van der Waals surface area contributed by atoms with Gasteiger partial charge in [0.15, 0.2) is 17.5 Å². The minimum Gasteiger partial charge on any atom is -0.383 e. The Labute approximate surface area is 200 Å². The lowest BCUT2D eigenvalue weighted by Crippen LogP contribution is -2.14. The summed E-state index contributed by atoms with van der Waals surface area (Å²) in [5, 5.41) is 14.3. The minimum absolute atomic E-state index is 0.0255. The van der Waals surface area contributed by atoms with Gasteiger partial charge in [0, 0.05) is 23.9 Å². The summed E-state index contributed by atoms with van der Waals surface area (Å²) in [7, 11) is 0. The number of amides is 1. The van der Waals surface area contributed by atoms with Crippen LogP contribution in [0.15, 0.2) is 54.7 Å². The molecule has 4 aromatic rings. The highest BCUT2D eigenvalue weighted by molar-refractivity contribution is 5.91. The van der Waals surface area contributed by atoms with Crippen molar-refractivity contribution < 1.29 is 13.6 Å². The van der Waals surface area contributed by atoms with Crippen LogP contribution in [0.1, 0.15) is 32.1 Å². The van der Waals surface area contributed by atoms with E-state index in [4.69, 9.17) is 5.73 Å². The van der Waals surface area contributed by atoms with Crippen molar-refractivity contribution in [2.75, 3.05) is 11.1 Å². The van der Waals surface area contributed by atoms with Crippen molar-refractivity contribution in [2.24, 2.45) is 5.92 Å². The molecular formula is C25H23F2N7O. The van der Waals surface area contributed by atoms with E-state index in [-0.39, 0.29) is 23.2 Å². The largest absolute Gasteiger partial charge is 0.383 e. The third-order valence-corrected chi connectivity index (χ3v) is 6.24. The number of rotatable bonds is 6. The van der Waals surface area contributed by atoms with E-state index in [1.165, 1.54) is 25.0 Å². The summed E-state index contributed by atoms with van der Waals surface area (Å²) < 4.78 is 29.2. The molecule has 0 spiro atoms. The molecule has 8 nitrogen and oxygen atoms in total. The van der Waals surface area contributed by atoms with E-state index in [1.807, 2.05) is 24.3 Å². The normalized spacial score (nSPS) is 13.8. The van der Waals surface area contributed by atoms with Gasteiger partial charge in [-0.15, -0.1) is 5.10 Å². The number of carbonyl (C=O) groups is 1. The molecule has 35 heavy (non-hydrogen) atoms. The highest BCUT2D eigenvalue weighted by Gasteiger charge is 2.20. The number of tetrazole rings is 1. The predicted octanol–water partition coefficient (Wildman–Crippen LogP) is 4.77. The number of halogens is 2. The van der Waals surface area contributed by atoms with Gasteiger partial charge in [0.25, 0.3) is 0 Å². The van der Waals surface area contributed by atoms with Crippen LogP contribution in [0.4, 0.5) is 20.3 Å². The second kappa shape index (κ2) is 9.57. The molecule has 3 N–H and O–H groups in total.